The van der Waals surface area contributed by atoms with Gasteiger partial charge in [0.15, 0.2) is 11.6 Å². The first kappa shape index (κ1) is 26.7. The number of rotatable bonds is 8. The average molecular weight is 472 g/mol. The van der Waals surface area contributed by atoms with Gasteiger partial charge >= 0.3 is 11.9 Å². The smallest absolute Gasteiger partial charge is 0.342 e. The summed E-state index contributed by atoms with van der Waals surface area (Å²) in [5, 5.41) is 7.32. The standard InChI is InChI=1S/C24H27FO6.C2H3N/c1-3-29-23(26)17-9-11-18(12-10-17)31-22-13-19(21(28-2)14-20(22)25)24(27)30-15-16-7-5-4-6-8-16;1-2-3/h4-8,13-14,17-18H,3,9-12,15H2,1-2H3;1H3. The zero-order valence-electron chi connectivity index (χ0n) is 19.7. The summed E-state index contributed by atoms with van der Waals surface area (Å²) >= 11 is 0. The Kier molecular flexibility index (Phi) is 10.8. The number of hydrogen-bond acceptors (Lipinski definition) is 7. The van der Waals surface area contributed by atoms with Gasteiger partial charge in [-0.1, -0.05) is 30.3 Å². The van der Waals surface area contributed by atoms with Gasteiger partial charge in [-0.15, -0.1) is 0 Å². The molecule has 3 rings (SSSR count). The molecule has 1 fully saturated rings. The molecule has 0 N–H and O–H groups in total. The molecule has 0 amide bonds. The van der Waals surface area contributed by atoms with Gasteiger partial charge in [0, 0.05) is 19.1 Å². The van der Waals surface area contributed by atoms with E-state index in [9.17, 15) is 14.0 Å². The zero-order valence-corrected chi connectivity index (χ0v) is 19.7. The number of nitriles is 1. The van der Waals surface area contributed by atoms with Gasteiger partial charge in [-0.3, -0.25) is 4.79 Å². The van der Waals surface area contributed by atoms with E-state index in [0.717, 1.165) is 11.6 Å². The van der Waals surface area contributed by atoms with Crippen LogP contribution in [0.3, 0.4) is 0 Å². The lowest BCUT2D eigenvalue weighted by atomic mass is 9.87. The molecule has 7 nitrogen and oxygen atoms in total. The van der Waals surface area contributed by atoms with Gasteiger partial charge in [0.05, 0.1) is 31.8 Å². The van der Waals surface area contributed by atoms with Crippen LogP contribution in [-0.2, 0) is 20.9 Å². The maximum atomic E-state index is 14.6. The second kappa shape index (κ2) is 13.8. The lowest BCUT2D eigenvalue weighted by molar-refractivity contribution is -0.149. The Hall–Kier alpha value is -3.60. The van der Waals surface area contributed by atoms with Gasteiger partial charge in [0.25, 0.3) is 0 Å². The lowest BCUT2D eigenvalue weighted by Crippen LogP contribution is -2.29. The Balaban J connectivity index is 0.00000129. The predicted octanol–water partition coefficient (Wildman–Crippen LogP) is 5.22. The molecule has 0 aliphatic heterocycles. The molecule has 0 bridgehead atoms. The summed E-state index contributed by atoms with van der Waals surface area (Å²) in [4.78, 5) is 24.5. The van der Waals surface area contributed by atoms with Crippen LogP contribution < -0.4 is 9.47 Å². The highest BCUT2D eigenvalue weighted by Gasteiger charge is 2.29. The van der Waals surface area contributed by atoms with Gasteiger partial charge in [-0.25, -0.2) is 9.18 Å². The summed E-state index contributed by atoms with van der Waals surface area (Å²) in [5.74, 6) is -1.55. The first-order valence-electron chi connectivity index (χ1n) is 11.2. The van der Waals surface area contributed by atoms with Crippen LogP contribution in [0.4, 0.5) is 4.39 Å². The third kappa shape index (κ3) is 7.77. The fraction of sp³-hybridized carbons (Fsp3) is 0.423. The Labute approximate surface area is 199 Å². The number of carbonyl (C=O) groups is 2. The third-order valence-electron chi connectivity index (χ3n) is 5.27. The van der Waals surface area contributed by atoms with Crippen molar-refractivity contribution < 1.29 is 32.9 Å². The summed E-state index contributed by atoms with van der Waals surface area (Å²) in [7, 11) is 1.36. The number of carbonyl (C=O) groups excluding carboxylic acids is 2. The summed E-state index contributed by atoms with van der Waals surface area (Å²) in [5.41, 5.74) is 0.932. The molecule has 0 unspecified atom stereocenters. The van der Waals surface area contributed by atoms with E-state index in [0.29, 0.717) is 32.3 Å². The van der Waals surface area contributed by atoms with Crippen LogP contribution in [0.5, 0.6) is 11.5 Å². The van der Waals surface area contributed by atoms with Crippen molar-refractivity contribution in [3.05, 3.63) is 59.4 Å². The van der Waals surface area contributed by atoms with Crippen molar-refractivity contribution >= 4 is 11.9 Å². The minimum absolute atomic E-state index is 0.0351. The van der Waals surface area contributed by atoms with Crippen molar-refractivity contribution in [2.24, 2.45) is 5.92 Å². The van der Waals surface area contributed by atoms with Crippen LogP contribution in [0.1, 0.15) is 55.5 Å². The molecule has 0 radical (unpaired) electrons. The van der Waals surface area contributed by atoms with E-state index >= 15 is 0 Å². The van der Waals surface area contributed by atoms with Crippen LogP contribution in [0, 0.1) is 23.1 Å². The monoisotopic (exact) mass is 471 g/mol. The van der Waals surface area contributed by atoms with Crippen molar-refractivity contribution in [1.82, 2.24) is 0 Å². The molecule has 1 aliphatic carbocycles. The van der Waals surface area contributed by atoms with Crippen molar-refractivity contribution in [3.8, 4) is 17.6 Å². The summed E-state index contributed by atoms with van der Waals surface area (Å²) in [6.45, 7) is 3.66. The molecule has 0 heterocycles. The van der Waals surface area contributed by atoms with Gasteiger partial charge < -0.3 is 18.9 Å². The number of hydrogen-bond donors (Lipinski definition) is 0. The predicted molar refractivity (Wildman–Crippen MR) is 123 cm³/mol. The molecular weight excluding hydrogens is 441 g/mol. The zero-order chi connectivity index (χ0) is 24.9. The normalized spacial score (nSPS) is 16.8. The highest BCUT2D eigenvalue weighted by atomic mass is 19.1. The molecule has 1 saturated carbocycles. The van der Waals surface area contributed by atoms with Crippen molar-refractivity contribution in [2.75, 3.05) is 13.7 Å². The van der Waals surface area contributed by atoms with Crippen LogP contribution in [-0.4, -0.2) is 31.8 Å². The van der Waals surface area contributed by atoms with E-state index in [1.54, 1.807) is 13.0 Å². The average Bonchev–Trinajstić information content (AvgIpc) is 2.85. The maximum Gasteiger partial charge on any atom is 0.342 e. The summed E-state index contributed by atoms with van der Waals surface area (Å²) in [6.07, 6.45) is 2.19. The summed E-state index contributed by atoms with van der Waals surface area (Å²) < 4.78 is 36.0. The number of halogens is 1. The third-order valence-corrected chi connectivity index (χ3v) is 5.27. The van der Waals surface area contributed by atoms with Crippen LogP contribution in [0.15, 0.2) is 42.5 Å². The maximum absolute atomic E-state index is 14.6. The van der Waals surface area contributed by atoms with E-state index in [1.807, 2.05) is 30.3 Å². The van der Waals surface area contributed by atoms with E-state index in [1.165, 1.54) is 20.1 Å². The molecule has 2 aromatic rings. The largest absolute Gasteiger partial charge is 0.496 e. The van der Waals surface area contributed by atoms with Crippen LogP contribution in [0.25, 0.3) is 0 Å². The SMILES string of the molecule is CC#N.CCOC(=O)C1CCC(Oc2cc(C(=O)OCc3ccccc3)c(OC)cc2F)CC1. The quantitative estimate of drug-likeness (QED) is 0.487. The molecule has 0 spiro atoms. The Morgan fingerprint density at radius 1 is 1.06 bits per heavy atom. The molecule has 1 aliphatic rings. The molecule has 0 aromatic heterocycles. The van der Waals surface area contributed by atoms with Gasteiger partial charge in [-0.2, -0.15) is 5.26 Å². The van der Waals surface area contributed by atoms with Gasteiger partial charge in [0.1, 0.15) is 17.9 Å². The first-order valence-corrected chi connectivity index (χ1v) is 11.2. The molecule has 8 heteroatoms. The Bertz CT molecular complexity index is 981. The van der Waals surface area contributed by atoms with Crippen molar-refractivity contribution in [1.29, 1.82) is 5.26 Å². The molecule has 0 saturated heterocycles. The second-order valence-electron chi connectivity index (χ2n) is 7.61. The lowest BCUT2D eigenvalue weighted by Gasteiger charge is -2.28. The van der Waals surface area contributed by atoms with Crippen LogP contribution >= 0.6 is 0 Å². The number of benzene rings is 2. The number of methoxy groups -OCH3 is 1. The van der Waals surface area contributed by atoms with E-state index < -0.39 is 11.8 Å². The Morgan fingerprint density at radius 2 is 1.71 bits per heavy atom. The second-order valence-corrected chi connectivity index (χ2v) is 7.61. The Morgan fingerprint density at radius 3 is 2.29 bits per heavy atom. The van der Waals surface area contributed by atoms with Gasteiger partial charge in [-0.05, 0) is 38.2 Å². The molecular formula is C26H30FNO6. The van der Waals surface area contributed by atoms with Gasteiger partial charge in [0.2, 0.25) is 0 Å². The van der Waals surface area contributed by atoms with E-state index in [2.05, 4.69) is 0 Å². The fourth-order valence-electron chi connectivity index (χ4n) is 3.61. The van der Waals surface area contributed by atoms with E-state index in [4.69, 9.17) is 24.2 Å². The number of nitrogens with zero attached hydrogens (tertiary/aromatic N) is 1. The minimum Gasteiger partial charge on any atom is -0.496 e. The molecule has 2 aromatic carbocycles. The first-order chi connectivity index (χ1) is 16.4. The highest BCUT2D eigenvalue weighted by Crippen LogP contribution is 2.33. The topological polar surface area (TPSA) is 94.8 Å². The number of ether oxygens (including phenoxy) is 4. The van der Waals surface area contributed by atoms with E-state index in [-0.39, 0.29) is 41.7 Å². The molecule has 182 valence electrons. The highest BCUT2D eigenvalue weighted by molar-refractivity contribution is 5.93. The van der Waals surface area contributed by atoms with Crippen molar-refractivity contribution in [3.63, 3.8) is 0 Å². The minimum atomic E-state index is -0.628. The number of esters is 2. The molecule has 34 heavy (non-hydrogen) atoms. The molecule has 0 atom stereocenters. The van der Waals surface area contributed by atoms with Crippen LogP contribution in [0.2, 0.25) is 0 Å². The summed E-state index contributed by atoms with van der Waals surface area (Å²) in [6, 6.07) is 13.5. The fourth-order valence-corrected chi connectivity index (χ4v) is 3.61. The van der Waals surface area contributed by atoms with Crippen molar-refractivity contribution in [2.45, 2.75) is 52.2 Å².